The summed E-state index contributed by atoms with van der Waals surface area (Å²) in [6, 6.07) is 0. The van der Waals surface area contributed by atoms with Crippen LogP contribution in [0.25, 0.3) is 0 Å². The van der Waals surface area contributed by atoms with Crippen LogP contribution in [0, 0.1) is 6.42 Å². The molecule has 2 N–H and O–H groups in total. The molecule has 0 aliphatic heterocycles. The van der Waals surface area contributed by atoms with Gasteiger partial charge in [-0.05, 0) is 12.8 Å². The Hall–Kier alpha value is -0.570. The van der Waals surface area contributed by atoms with Crippen molar-refractivity contribution < 1.29 is 9.90 Å². The maximum atomic E-state index is 10.8. The number of carbonyl (C=O) groups excluding carboxylic acids is 1. The Balaban J connectivity index is 3.36. The Morgan fingerprint density at radius 2 is 2.27 bits per heavy atom. The number of aliphatic hydroxyl groups is 1. The molecule has 0 rings (SSSR count). The van der Waals surface area contributed by atoms with Gasteiger partial charge in [0.05, 0.1) is 0 Å². The van der Waals surface area contributed by atoms with Gasteiger partial charge in [0.25, 0.3) is 0 Å². The lowest BCUT2D eigenvalue weighted by Crippen LogP contribution is -2.33. The summed E-state index contributed by atoms with van der Waals surface area (Å²) in [7, 11) is 0. The van der Waals surface area contributed by atoms with E-state index in [1.165, 1.54) is 0 Å². The Labute approximate surface area is 67.8 Å². The van der Waals surface area contributed by atoms with Gasteiger partial charge < -0.3 is 10.4 Å². The van der Waals surface area contributed by atoms with Crippen molar-refractivity contribution in [2.45, 2.75) is 39.3 Å². The van der Waals surface area contributed by atoms with E-state index in [0.29, 0.717) is 6.42 Å². The van der Waals surface area contributed by atoms with E-state index in [0.717, 1.165) is 12.8 Å². The minimum Gasteiger partial charge on any atom is -0.374 e. The van der Waals surface area contributed by atoms with Gasteiger partial charge in [-0.2, -0.15) is 0 Å². The number of nitrogens with one attached hydrogen (secondary N) is 1. The molecule has 0 aliphatic rings. The number of hydrogen-bond acceptors (Lipinski definition) is 2. The summed E-state index contributed by atoms with van der Waals surface area (Å²) < 4.78 is 0. The number of amides is 1. The molecule has 11 heavy (non-hydrogen) atoms. The van der Waals surface area contributed by atoms with Crippen LogP contribution in [0.3, 0.4) is 0 Å². The Kier molecular flexibility index (Phi) is 5.84. The van der Waals surface area contributed by atoms with E-state index in [1.54, 1.807) is 6.42 Å². The average molecular weight is 158 g/mol. The minimum atomic E-state index is -0.699. The van der Waals surface area contributed by atoms with Crippen LogP contribution in [0.2, 0.25) is 0 Å². The lowest BCUT2D eigenvalue weighted by Gasteiger charge is -2.09. The van der Waals surface area contributed by atoms with Crippen LogP contribution >= 0.6 is 0 Å². The van der Waals surface area contributed by atoms with Crippen LogP contribution in [-0.2, 0) is 4.79 Å². The summed E-state index contributed by atoms with van der Waals surface area (Å²) in [5.74, 6) is -0.179. The van der Waals surface area contributed by atoms with E-state index in [4.69, 9.17) is 5.11 Å². The zero-order valence-corrected chi connectivity index (χ0v) is 7.13. The molecule has 0 saturated carbocycles. The van der Waals surface area contributed by atoms with Crippen molar-refractivity contribution in [1.29, 1.82) is 0 Å². The number of carbonyl (C=O) groups is 1. The third kappa shape index (κ3) is 5.85. The fourth-order valence-electron chi connectivity index (χ4n) is 0.601. The Bertz CT molecular complexity index is 115. The summed E-state index contributed by atoms with van der Waals surface area (Å²) in [4.78, 5) is 10.8. The average Bonchev–Trinajstić information content (AvgIpc) is 2.00. The third-order valence-electron chi connectivity index (χ3n) is 1.31. The molecule has 3 nitrogen and oxygen atoms in total. The monoisotopic (exact) mass is 158 g/mol. The maximum absolute atomic E-state index is 10.8. The van der Waals surface area contributed by atoms with Crippen LogP contribution in [-0.4, -0.2) is 17.2 Å². The summed E-state index contributed by atoms with van der Waals surface area (Å²) in [6.07, 6.45) is 3.12. The highest BCUT2D eigenvalue weighted by molar-refractivity contribution is 5.84. The van der Waals surface area contributed by atoms with Gasteiger partial charge >= 0.3 is 0 Å². The van der Waals surface area contributed by atoms with Crippen molar-refractivity contribution in [2.75, 3.05) is 0 Å². The molecule has 0 fully saturated rings. The van der Waals surface area contributed by atoms with E-state index >= 15 is 0 Å². The smallest absolute Gasteiger partial charge is 0.225 e. The van der Waals surface area contributed by atoms with Crippen LogP contribution in [0.5, 0.6) is 0 Å². The predicted octanol–water partition coefficient (Wildman–Crippen LogP) is 0.835. The Morgan fingerprint density at radius 1 is 1.64 bits per heavy atom. The van der Waals surface area contributed by atoms with Crippen molar-refractivity contribution in [3.8, 4) is 0 Å². The first-order valence-electron chi connectivity index (χ1n) is 4.02. The van der Waals surface area contributed by atoms with Crippen molar-refractivity contribution >= 4 is 5.91 Å². The van der Waals surface area contributed by atoms with Crippen LogP contribution in [0.1, 0.15) is 33.1 Å². The first kappa shape index (κ1) is 10.4. The first-order chi connectivity index (χ1) is 5.20. The van der Waals surface area contributed by atoms with Gasteiger partial charge in [0.15, 0.2) is 0 Å². The van der Waals surface area contributed by atoms with E-state index in [1.807, 2.05) is 13.8 Å². The van der Waals surface area contributed by atoms with Gasteiger partial charge in [0.2, 0.25) is 5.91 Å². The van der Waals surface area contributed by atoms with Crippen molar-refractivity contribution in [1.82, 2.24) is 5.32 Å². The molecular weight excluding hydrogens is 142 g/mol. The molecule has 65 valence electrons. The second-order valence-electron chi connectivity index (χ2n) is 2.43. The fraction of sp³-hybridized carbons (Fsp3) is 0.750. The molecule has 0 saturated heterocycles. The van der Waals surface area contributed by atoms with Crippen molar-refractivity contribution in [3.05, 3.63) is 6.42 Å². The second kappa shape index (κ2) is 6.16. The molecule has 0 aliphatic carbocycles. The molecule has 0 bridgehead atoms. The molecule has 0 aromatic heterocycles. The van der Waals surface area contributed by atoms with Gasteiger partial charge in [-0.3, -0.25) is 4.79 Å². The van der Waals surface area contributed by atoms with Gasteiger partial charge in [-0.15, -0.1) is 0 Å². The highest BCUT2D eigenvalue weighted by Crippen LogP contribution is 1.93. The van der Waals surface area contributed by atoms with Crippen molar-refractivity contribution in [3.63, 3.8) is 0 Å². The number of unbranched alkanes of at least 4 members (excludes halogenated alkanes) is 1. The topological polar surface area (TPSA) is 49.3 Å². The summed E-state index contributed by atoms with van der Waals surface area (Å²) >= 11 is 0. The molecule has 0 aromatic rings. The summed E-state index contributed by atoms with van der Waals surface area (Å²) in [6.45, 7) is 3.81. The SMILES string of the molecule is CCC[CH]C(=O)NC(O)CC. The molecule has 3 heteroatoms. The second-order valence-corrected chi connectivity index (χ2v) is 2.43. The van der Waals surface area contributed by atoms with Crippen LogP contribution < -0.4 is 5.32 Å². The number of aliphatic hydroxyl groups excluding tert-OH is 1. The quantitative estimate of drug-likeness (QED) is 0.582. The molecule has 0 heterocycles. The molecule has 1 amide bonds. The van der Waals surface area contributed by atoms with Crippen molar-refractivity contribution in [2.24, 2.45) is 0 Å². The zero-order valence-electron chi connectivity index (χ0n) is 7.13. The van der Waals surface area contributed by atoms with E-state index in [2.05, 4.69) is 5.32 Å². The molecule has 0 aromatic carbocycles. The molecule has 1 atom stereocenters. The van der Waals surface area contributed by atoms with E-state index < -0.39 is 6.23 Å². The lowest BCUT2D eigenvalue weighted by atomic mass is 10.2. The van der Waals surface area contributed by atoms with Crippen LogP contribution in [0.15, 0.2) is 0 Å². The van der Waals surface area contributed by atoms with Gasteiger partial charge in [0.1, 0.15) is 6.23 Å². The lowest BCUT2D eigenvalue weighted by molar-refractivity contribution is -0.120. The van der Waals surface area contributed by atoms with E-state index in [9.17, 15) is 4.79 Å². The largest absolute Gasteiger partial charge is 0.374 e. The third-order valence-corrected chi connectivity index (χ3v) is 1.31. The summed E-state index contributed by atoms with van der Waals surface area (Å²) in [5, 5.41) is 11.4. The minimum absolute atomic E-state index is 0.179. The number of rotatable bonds is 5. The molecular formula is C8H16NO2. The highest BCUT2D eigenvalue weighted by atomic mass is 16.3. The van der Waals surface area contributed by atoms with Gasteiger partial charge in [0, 0.05) is 6.42 Å². The predicted molar refractivity (Wildman–Crippen MR) is 43.6 cm³/mol. The first-order valence-corrected chi connectivity index (χ1v) is 4.02. The molecule has 1 unspecified atom stereocenters. The standard InChI is InChI=1S/C8H16NO2/c1-3-5-6-8(11)9-7(10)4-2/h6-7,10H,3-5H2,1-2H3,(H,9,11). The van der Waals surface area contributed by atoms with Crippen LogP contribution in [0.4, 0.5) is 0 Å². The normalized spacial score (nSPS) is 12.6. The number of hydrogen-bond donors (Lipinski definition) is 2. The summed E-state index contributed by atoms with van der Waals surface area (Å²) in [5.41, 5.74) is 0. The van der Waals surface area contributed by atoms with E-state index in [-0.39, 0.29) is 5.91 Å². The highest BCUT2D eigenvalue weighted by Gasteiger charge is 2.04. The van der Waals surface area contributed by atoms with Gasteiger partial charge in [-0.1, -0.05) is 20.3 Å². The molecule has 0 spiro atoms. The Morgan fingerprint density at radius 3 is 2.73 bits per heavy atom. The van der Waals surface area contributed by atoms with Gasteiger partial charge in [-0.25, -0.2) is 0 Å². The molecule has 1 radical (unpaired) electrons. The zero-order chi connectivity index (χ0) is 8.69. The fourth-order valence-corrected chi connectivity index (χ4v) is 0.601. The maximum Gasteiger partial charge on any atom is 0.225 e.